The quantitative estimate of drug-likeness (QED) is 0.270. The first-order valence-electron chi connectivity index (χ1n) is 14.4. The molecular weight excluding hydrogens is 587 g/mol. The number of aryl methyl sites for hydroxylation is 1. The van der Waals surface area contributed by atoms with Crippen molar-refractivity contribution in [2.24, 2.45) is 0 Å². The molecule has 1 atom stereocenters. The number of carbonyl (C=O) groups is 1. The van der Waals surface area contributed by atoms with E-state index in [1.165, 1.54) is 28.8 Å². The van der Waals surface area contributed by atoms with E-state index < -0.39 is 11.5 Å². The average Bonchev–Trinajstić information content (AvgIpc) is 2.98. The lowest BCUT2D eigenvalue weighted by Crippen LogP contribution is -2.56. The molecule has 0 spiro atoms. The van der Waals surface area contributed by atoms with Gasteiger partial charge in [-0.3, -0.25) is 14.3 Å². The second-order valence-corrected chi connectivity index (χ2v) is 11.8. The molecule has 228 valence electrons. The average molecular weight is 619 g/mol. The number of benzene rings is 2. The number of piperazine rings is 1. The van der Waals surface area contributed by atoms with Crippen LogP contribution in [0.2, 0.25) is 5.02 Å². The minimum Gasteiger partial charge on any atom is -0.507 e. The number of rotatable bonds is 4. The Morgan fingerprint density at radius 3 is 2.61 bits per heavy atom. The van der Waals surface area contributed by atoms with E-state index in [1.807, 2.05) is 25.7 Å². The third-order valence-electron chi connectivity index (χ3n) is 8.41. The first kappa shape index (κ1) is 29.4. The minimum atomic E-state index is -0.913. The number of halogens is 2. The summed E-state index contributed by atoms with van der Waals surface area (Å²) in [5, 5.41) is 25.1. The van der Waals surface area contributed by atoms with Crippen molar-refractivity contribution in [1.82, 2.24) is 19.4 Å². The first-order chi connectivity index (χ1) is 21.0. The molecule has 1 fully saturated rings. The number of anilines is 2. The highest BCUT2D eigenvalue weighted by Gasteiger charge is 2.36. The van der Waals surface area contributed by atoms with Crippen molar-refractivity contribution >= 4 is 39.9 Å². The molecule has 2 aromatic carbocycles. The summed E-state index contributed by atoms with van der Waals surface area (Å²) >= 11 is 6.98. The van der Waals surface area contributed by atoms with E-state index in [9.17, 15) is 19.8 Å². The largest absolute Gasteiger partial charge is 0.507 e. The number of phenols is 2. The molecule has 2 aromatic heterocycles. The molecule has 4 heterocycles. The molecule has 0 aliphatic carbocycles. The molecule has 44 heavy (non-hydrogen) atoms. The van der Waals surface area contributed by atoms with Gasteiger partial charge in [-0.05, 0) is 49.1 Å². The van der Waals surface area contributed by atoms with Crippen molar-refractivity contribution in [1.29, 1.82) is 0 Å². The summed E-state index contributed by atoms with van der Waals surface area (Å²) in [5.74, 6) is -1.75. The highest BCUT2D eigenvalue weighted by atomic mass is 35.5. The molecule has 10 nitrogen and oxygen atoms in total. The van der Waals surface area contributed by atoms with Crippen LogP contribution in [0.1, 0.15) is 37.4 Å². The predicted octanol–water partition coefficient (Wildman–Crippen LogP) is 5.10. The second kappa shape index (κ2) is 11.1. The van der Waals surface area contributed by atoms with E-state index in [0.29, 0.717) is 55.2 Å². The van der Waals surface area contributed by atoms with Gasteiger partial charge in [0.05, 0.1) is 33.0 Å². The Morgan fingerprint density at radius 2 is 1.93 bits per heavy atom. The van der Waals surface area contributed by atoms with E-state index >= 15 is 4.39 Å². The second-order valence-electron chi connectivity index (χ2n) is 11.4. The van der Waals surface area contributed by atoms with E-state index in [-0.39, 0.29) is 62.2 Å². The van der Waals surface area contributed by atoms with Gasteiger partial charge >= 0.3 is 5.69 Å². The van der Waals surface area contributed by atoms with Gasteiger partial charge in [-0.25, -0.2) is 9.18 Å². The monoisotopic (exact) mass is 618 g/mol. The Kier molecular flexibility index (Phi) is 7.44. The Balaban J connectivity index is 1.77. The molecule has 2 aliphatic rings. The third kappa shape index (κ3) is 4.54. The first-order valence-corrected chi connectivity index (χ1v) is 14.8. The molecule has 0 bridgehead atoms. The van der Waals surface area contributed by atoms with Crippen LogP contribution in [0.25, 0.3) is 27.7 Å². The highest BCUT2D eigenvalue weighted by Crippen LogP contribution is 2.50. The van der Waals surface area contributed by atoms with E-state index in [1.54, 1.807) is 17.2 Å². The summed E-state index contributed by atoms with van der Waals surface area (Å²) in [5.41, 5.74) is 0.657. The van der Waals surface area contributed by atoms with Crippen LogP contribution in [0.15, 0.2) is 47.9 Å². The molecule has 12 heteroatoms. The topological polar surface area (TPSA) is 124 Å². The molecule has 4 aromatic rings. The summed E-state index contributed by atoms with van der Waals surface area (Å²) in [4.78, 5) is 39.4. The molecule has 1 saturated heterocycles. The van der Waals surface area contributed by atoms with Crippen LogP contribution in [-0.2, 0) is 4.79 Å². The van der Waals surface area contributed by atoms with E-state index in [0.717, 1.165) is 0 Å². The Hall–Kier alpha value is -4.64. The molecule has 2 aliphatic heterocycles. The maximum absolute atomic E-state index is 17.3. The predicted molar refractivity (Wildman–Crippen MR) is 169 cm³/mol. The van der Waals surface area contributed by atoms with Crippen LogP contribution in [0.3, 0.4) is 0 Å². The van der Waals surface area contributed by atoms with Crippen LogP contribution in [0, 0.1) is 12.7 Å². The summed E-state index contributed by atoms with van der Waals surface area (Å²) in [6.45, 7) is 10.7. The van der Waals surface area contributed by atoms with E-state index in [4.69, 9.17) is 11.6 Å². The van der Waals surface area contributed by atoms with Gasteiger partial charge in [0.2, 0.25) is 5.91 Å². The summed E-state index contributed by atoms with van der Waals surface area (Å²) < 4.78 is 18.6. The number of nitrogens with zero attached hydrogens (tertiary/aromatic N) is 5. The Bertz CT molecular complexity index is 1890. The normalized spacial score (nSPS) is 16.4. The third-order valence-corrected chi connectivity index (χ3v) is 8.79. The Labute approximate surface area is 258 Å². The number of aromatic hydroxyl groups is 2. The maximum Gasteiger partial charge on any atom is 0.354 e. The number of nitrogens with one attached hydrogen (secondary N) is 1. The molecule has 6 rings (SSSR count). The highest BCUT2D eigenvalue weighted by molar-refractivity contribution is 6.38. The fourth-order valence-electron chi connectivity index (χ4n) is 6.34. The summed E-state index contributed by atoms with van der Waals surface area (Å²) in [7, 11) is 0. The molecule has 3 N–H and O–H groups in total. The summed E-state index contributed by atoms with van der Waals surface area (Å²) in [6.07, 6.45) is 3.47. The molecule has 1 amide bonds. The smallest absolute Gasteiger partial charge is 0.354 e. The standard InChI is InChI=1S/C32H32ClFN6O4/c1-5-21(43)38-13-14-39-18(15-38)10-12-36-28-24-30(26(34)23(25(28)33)22-19(41)7-6-8-20(22)42)40(32(44)37-31(24)39)29-17(4)9-11-35-27(29)16(2)3/h5-9,11,16,18,36,41-42H,1,10,12-15H2,2-4H3. The molecule has 1 unspecified atom stereocenters. The molecule has 0 radical (unpaired) electrons. The minimum absolute atomic E-state index is 0.0778. The lowest BCUT2D eigenvalue weighted by Gasteiger charge is -2.43. The van der Waals surface area contributed by atoms with Crippen LogP contribution in [-0.4, -0.2) is 67.8 Å². The molecule has 0 saturated carbocycles. The lowest BCUT2D eigenvalue weighted by atomic mass is 9.96. The Morgan fingerprint density at radius 1 is 1.20 bits per heavy atom. The van der Waals surface area contributed by atoms with Crippen molar-refractivity contribution in [3.05, 3.63) is 75.7 Å². The van der Waals surface area contributed by atoms with Crippen LogP contribution < -0.4 is 15.9 Å². The zero-order valence-corrected chi connectivity index (χ0v) is 25.3. The van der Waals surface area contributed by atoms with Crippen molar-refractivity contribution in [3.8, 4) is 28.3 Å². The number of hydrogen-bond donors (Lipinski definition) is 3. The summed E-state index contributed by atoms with van der Waals surface area (Å²) in [6, 6.07) is 5.60. The van der Waals surface area contributed by atoms with Gasteiger partial charge in [0.25, 0.3) is 0 Å². The fourth-order valence-corrected chi connectivity index (χ4v) is 6.68. The van der Waals surface area contributed by atoms with Crippen molar-refractivity contribution in [3.63, 3.8) is 0 Å². The zero-order valence-electron chi connectivity index (χ0n) is 24.6. The van der Waals surface area contributed by atoms with Gasteiger partial charge in [0, 0.05) is 44.0 Å². The number of fused-ring (bicyclic) bond motifs is 2. The van der Waals surface area contributed by atoms with Gasteiger partial charge < -0.3 is 25.3 Å². The zero-order chi connectivity index (χ0) is 31.4. The number of aromatic nitrogens is 3. The molecular formula is C32H32ClFN6O4. The van der Waals surface area contributed by atoms with Crippen molar-refractivity contribution in [2.75, 3.05) is 36.4 Å². The van der Waals surface area contributed by atoms with Crippen molar-refractivity contribution < 1.29 is 19.4 Å². The van der Waals surface area contributed by atoms with Gasteiger partial charge in [-0.15, -0.1) is 0 Å². The lowest BCUT2D eigenvalue weighted by molar-refractivity contribution is -0.126. The van der Waals surface area contributed by atoms with Crippen LogP contribution in [0.5, 0.6) is 11.5 Å². The SMILES string of the molecule is C=CC(=O)N1CCN2c3nc(=O)n(-c4c(C)ccnc4C(C)C)c4c(F)c(-c5c(O)cccc5O)c(Cl)c(c34)NCCC2C1. The van der Waals surface area contributed by atoms with Gasteiger partial charge in [-0.1, -0.05) is 38.1 Å². The van der Waals surface area contributed by atoms with Gasteiger partial charge in [0.15, 0.2) is 5.82 Å². The van der Waals surface area contributed by atoms with Crippen molar-refractivity contribution in [2.45, 2.75) is 39.2 Å². The van der Waals surface area contributed by atoms with E-state index in [2.05, 4.69) is 21.9 Å². The number of phenolic OH excluding ortho intramolecular Hbond substituents is 2. The number of amides is 1. The van der Waals surface area contributed by atoms with Gasteiger partial charge in [-0.2, -0.15) is 4.98 Å². The maximum atomic E-state index is 17.3. The number of pyridine rings is 1. The number of carbonyl (C=O) groups excluding carboxylic acids is 1. The van der Waals surface area contributed by atoms with Gasteiger partial charge in [0.1, 0.15) is 22.8 Å². The van der Waals surface area contributed by atoms with Crippen LogP contribution in [0.4, 0.5) is 15.9 Å². The van der Waals surface area contributed by atoms with Crippen LogP contribution >= 0.6 is 11.6 Å². The fraction of sp³-hybridized carbons (Fsp3) is 0.312. The number of hydrogen-bond acceptors (Lipinski definition) is 8.